The van der Waals surface area contributed by atoms with Crippen LogP contribution in [-0.4, -0.2) is 37.4 Å². The Morgan fingerprint density at radius 2 is 2.12 bits per heavy atom. The third-order valence-electron chi connectivity index (χ3n) is 1.83. The van der Waals surface area contributed by atoms with Gasteiger partial charge in [0.15, 0.2) is 0 Å². The zero-order valence-electron chi connectivity index (χ0n) is 8.97. The van der Waals surface area contributed by atoms with Crippen LogP contribution < -0.4 is 5.32 Å². The van der Waals surface area contributed by atoms with Crippen molar-refractivity contribution in [1.29, 1.82) is 0 Å². The highest BCUT2D eigenvalue weighted by Crippen LogP contribution is 2.22. The molecule has 2 N–H and O–H groups in total. The number of sulfone groups is 1. The van der Waals surface area contributed by atoms with Crippen molar-refractivity contribution in [3.63, 3.8) is 0 Å². The predicted molar refractivity (Wildman–Crippen MR) is 64.2 cm³/mol. The summed E-state index contributed by atoms with van der Waals surface area (Å²) in [4.78, 5) is 22.1. The third-order valence-corrected chi connectivity index (χ3v) is 3.68. The van der Waals surface area contributed by atoms with Crippen molar-refractivity contribution in [2.45, 2.75) is 6.42 Å². The maximum absolute atomic E-state index is 11.4. The van der Waals surface area contributed by atoms with E-state index in [1.165, 1.54) is 11.4 Å². The average molecular weight is 277 g/mol. The number of rotatable bonds is 5. The number of hydrogen-bond donors (Lipinski definition) is 2. The number of carboxylic acids is 1. The van der Waals surface area contributed by atoms with Crippen LogP contribution in [-0.2, 0) is 14.6 Å². The standard InChI is InChI=1S/C9H11NO5S2/c1-17(14,15)5-3-7(11)10-6-2-4-16-8(6)9(12)13/h2,4H,3,5H2,1H3,(H,10,11)(H,12,13). The number of carboxylic acid groups (broad SMARTS) is 1. The van der Waals surface area contributed by atoms with Gasteiger partial charge in [0, 0.05) is 12.7 Å². The summed E-state index contributed by atoms with van der Waals surface area (Å²) in [7, 11) is -3.20. The molecule has 0 radical (unpaired) electrons. The van der Waals surface area contributed by atoms with E-state index in [-0.39, 0.29) is 22.7 Å². The quantitative estimate of drug-likeness (QED) is 0.829. The smallest absolute Gasteiger partial charge is 0.348 e. The van der Waals surface area contributed by atoms with E-state index in [1.54, 1.807) is 0 Å². The molecule has 1 rings (SSSR count). The number of nitrogens with one attached hydrogen (secondary N) is 1. The van der Waals surface area contributed by atoms with Gasteiger partial charge in [-0.2, -0.15) is 0 Å². The van der Waals surface area contributed by atoms with E-state index in [0.29, 0.717) is 0 Å². The van der Waals surface area contributed by atoms with E-state index in [2.05, 4.69) is 5.32 Å². The summed E-state index contributed by atoms with van der Waals surface area (Å²) in [5, 5.41) is 12.7. The van der Waals surface area contributed by atoms with Crippen LogP contribution in [0.25, 0.3) is 0 Å². The minimum Gasteiger partial charge on any atom is -0.477 e. The fraction of sp³-hybridized carbons (Fsp3) is 0.333. The van der Waals surface area contributed by atoms with Crippen LogP contribution in [0.2, 0.25) is 0 Å². The summed E-state index contributed by atoms with van der Waals surface area (Å²) >= 11 is 0.991. The Morgan fingerprint density at radius 1 is 1.47 bits per heavy atom. The Hall–Kier alpha value is -1.41. The first-order valence-electron chi connectivity index (χ1n) is 4.58. The van der Waals surface area contributed by atoms with E-state index >= 15 is 0 Å². The summed E-state index contributed by atoms with van der Waals surface area (Å²) in [6, 6.07) is 1.46. The average Bonchev–Trinajstić information content (AvgIpc) is 2.62. The highest BCUT2D eigenvalue weighted by Gasteiger charge is 2.14. The molecule has 0 unspecified atom stereocenters. The molecule has 1 aromatic heterocycles. The van der Waals surface area contributed by atoms with Crippen LogP contribution in [0.3, 0.4) is 0 Å². The van der Waals surface area contributed by atoms with Gasteiger partial charge in [-0.1, -0.05) is 0 Å². The lowest BCUT2D eigenvalue weighted by molar-refractivity contribution is -0.115. The molecule has 0 spiro atoms. The second-order valence-electron chi connectivity index (χ2n) is 3.40. The molecule has 0 saturated heterocycles. The van der Waals surface area contributed by atoms with Crippen LogP contribution in [0.5, 0.6) is 0 Å². The molecule has 0 fully saturated rings. The highest BCUT2D eigenvalue weighted by atomic mass is 32.2. The van der Waals surface area contributed by atoms with Gasteiger partial charge in [0.25, 0.3) is 0 Å². The number of carbonyl (C=O) groups excluding carboxylic acids is 1. The minimum atomic E-state index is -3.20. The summed E-state index contributed by atoms with van der Waals surface area (Å²) in [6.45, 7) is 0. The van der Waals surface area contributed by atoms with Crippen molar-refractivity contribution < 1.29 is 23.1 Å². The van der Waals surface area contributed by atoms with Crippen LogP contribution in [0.15, 0.2) is 11.4 Å². The predicted octanol–water partition coefficient (Wildman–Crippen LogP) is 0.819. The van der Waals surface area contributed by atoms with Gasteiger partial charge in [-0.15, -0.1) is 11.3 Å². The molecular formula is C9H11NO5S2. The lowest BCUT2D eigenvalue weighted by Crippen LogP contribution is -2.17. The summed E-state index contributed by atoms with van der Waals surface area (Å²) in [5.41, 5.74) is 0.195. The van der Waals surface area contributed by atoms with Gasteiger partial charge < -0.3 is 10.4 Å². The Kier molecular flexibility index (Phi) is 4.24. The molecule has 0 aromatic carbocycles. The van der Waals surface area contributed by atoms with Crippen LogP contribution >= 0.6 is 11.3 Å². The highest BCUT2D eigenvalue weighted by molar-refractivity contribution is 7.90. The maximum atomic E-state index is 11.4. The second kappa shape index (κ2) is 5.28. The van der Waals surface area contributed by atoms with Crippen molar-refractivity contribution in [1.82, 2.24) is 0 Å². The largest absolute Gasteiger partial charge is 0.477 e. The Bertz CT molecular complexity index is 531. The Morgan fingerprint density at radius 3 is 2.65 bits per heavy atom. The van der Waals surface area contributed by atoms with Crippen molar-refractivity contribution in [3.8, 4) is 0 Å². The van der Waals surface area contributed by atoms with E-state index in [0.717, 1.165) is 17.6 Å². The molecule has 0 aliphatic carbocycles. The maximum Gasteiger partial charge on any atom is 0.348 e. The molecule has 0 atom stereocenters. The van der Waals surface area contributed by atoms with E-state index in [1.807, 2.05) is 0 Å². The minimum absolute atomic E-state index is 0.0257. The molecule has 0 aliphatic rings. The van der Waals surface area contributed by atoms with Crippen LogP contribution in [0.4, 0.5) is 5.69 Å². The molecular weight excluding hydrogens is 266 g/mol. The fourth-order valence-electron chi connectivity index (χ4n) is 1.06. The Labute approximate surface area is 102 Å². The first-order valence-corrected chi connectivity index (χ1v) is 7.52. The molecule has 0 saturated carbocycles. The topological polar surface area (TPSA) is 101 Å². The molecule has 94 valence electrons. The lowest BCUT2D eigenvalue weighted by atomic mass is 10.3. The van der Waals surface area contributed by atoms with Gasteiger partial charge in [-0.05, 0) is 11.4 Å². The first kappa shape index (κ1) is 13.7. The second-order valence-corrected chi connectivity index (χ2v) is 6.57. The zero-order valence-corrected chi connectivity index (χ0v) is 10.6. The van der Waals surface area contributed by atoms with E-state index in [9.17, 15) is 18.0 Å². The monoisotopic (exact) mass is 277 g/mol. The van der Waals surface area contributed by atoms with Gasteiger partial charge in [0.2, 0.25) is 5.91 Å². The van der Waals surface area contributed by atoms with Gasteiger partial charge in [-0.25, -0.2) is 13.2 Å². The first-order chi connectivity index (χ1) is 7.79. The van der Waals surface area contributed by atoms with E-state index in [4.69, 9.17) is 5.11 Å². The Balaban J connectivity index is 2.63. The number of aromatic carboxylic acids is 1. The number of carbonyl (C=O) groups is 2. The van der Waals surface area contributed by atoms with Crippen LogP contribution in [0, 0.1) is 0 Å². The number of hydrogen-bond acceptors (Lipinski definition) is 5. The molecule has 8 heteroatoms. The summed E-state index contributed by atoms with van der Waals surface area (Å²) in [6.07, 6.45) is 0.849. The van der Waals surface area contributed by atoms with Gasteiger partial charge in [-0.3, -0.25) is 4.79 Å². The molecule has 1 amide bonds. The fourth-order valence-corrected chi connectivity index (χ4v) is 2.31. The van der Waals surface area contributed by atoms with Gasteiger partial charge in [0.1, 0.15) is 14.7 Å². The molecule has 1 aromatic rings. The van der Waals surface area contributed by atoms with E-state index < -0.39 is 21.7 Å². The van der Waals surface area contributed by atoms with Gasteiger partial charge >= 0.3 is 5.97 Å². The van der Waals surface area contributed by atoms with Crippen molar-refractivity contribution in [3.05, 3.63) is 16.3 Å². The molecule has 0 aliphatic heterocycles. The van der Waals surface area contributed by atoms with Crippen molar-refractivity contribution in [2.75, 3.05) is 17.3 Å². The SMILES string of the molecule is CS(=O)(=O)CCC(=O)Nc1ccsc1C(=O)O. The zero-order chi connectivity index (χ0) is 13.1. The molecule has 1 heterocycles. The normalized spacial score (nSPS) is 11.1. The molecule has 6 nitrogen and oxygen atoms in total. The van der Waals surface area contributed by atoms with Crippen molar-refractivity contribution >= 4 is 38.7 Å². The molecule has 17 heavy (non-hydrogen) atoms. The van der Waals surface area contributed by atoms with Gasteiger partial charge in [0.05, 0.1) is 11.4 Å². The number of anilines is 1. The van der Waals surface area contributed by atoms with Crippen LogP contribution in [0.1, 0.15) is 16.1 Å². The number of thiophene rings is 1. The summed E-state index contributed by atoms with van der Waals surface area (Å²) in [5.74, 6) is -1.90. The third kappa shape index (κ3) is 4.53. The number of amides is 1. The lowest BCUT2D eigenvalue weighted by Gasteiger charge is -2.03. The molecule has 0 bridgehead atoms. The van der Waals surface area contributed by atoms with Crippen molar-refractivity contribution in [2.24, 2.45) is 0 Å². The summed E-state index contributed by atoms with van der Waals surface area (Å²) < 4.78 is 21.7.